The summed E-state index contributed by atoms with van der Waals surface area (Å²) in [5.41, 5.74) is 9.61. The van der Waals surface area contributed by atoms with Crippen LogP contribution in [-0.2, 0) is 13.5 Å². The molecule has 0 saturated carbocycles. The van der Waals surface area contributed by atoms with Crippen LogP contribution >= 0.6 is 11.6 Å². The third kappa shape index (κ3) is 2.99. The fourth-order valence-electron chi connectivity index (χ4n) is 2.32. The lowest BCUT2D eigenvalue weighted by Gasteiger charge is -2.20. The van der Waals surface area contributed by atoms with Crippen molar-refractivity contribution in [3.63, 3.8) is 0 Å². The molecule has 2 aromatic rings. The van der Waals surface area contributed by atoms with E-state index in [-0.39, 0.29) is 12.0 Å². The largest absolute Gasteiger partial charge is 0.327 e. The molecule has 0 saturated heterocycles. The number of aromatic nitrogens is 2. The Morgan fingerprint density at radius 3 is 2.47 bits per heavy atom. The third-order valence-electron chi connectivity index (χ3n) is 3.68. The summed E-state index contributed by atoms with van der Waals surface area (Å²) in [7, 11) is 1.85. The Labute approximate surface area is 119 Å². The quantitative estimate of drug-likeness (QED) is 0.933. The molecule has 19 heavy (non-hydrogen) atoms. The Morgan fingerprint density at radius 1 is 1.32 bits per heavy atom. The summed E-state index contributed by atoms with van der Waals surface area (Å²) in [6.45, 7) is 4.13. The number of rotatable bonds is 4. The number of aryl methyl sites for hydroxylation is 2. The van der Waals surface area contributed by atoms with Crippen LogP contribution in [0.3, 0.4) is 0 Å². The molecule has 0 radical (unpaired) electrons. The number of nitrogens with two attached hydrogens (primary N) is 1. The van der Waals surface area contributed by atoms with Crippen LogP contribution in [0.5, 0.6) is 0 Å². The van der Waals surface area contributed by atoms with Crippen LogP contribution in [0.2, 0.25) is 5.15 Å². The Kier molecular flexibility index (Phi) is 4.27. The Hall–Kier alpha value is -1.32. The van der Waals surface area contributed by atoms with Gasteiger partial charge in [0.25, 0.3) is 0 Å². The van der Waals surface area contributed by atoms with Crippen LogP contribution in [0, 0.1) is 6.92 Å². The van der Waals surface area contributed by atoms with E-state index >= 15 is 0 Å². The minimum absolute atomic E-state index is 0.0304. The Bertz CT molecular complexity index is 548. The van der Waals surface area contributed by atoms with Crippen molar-refractivity contribution in [2.24, 2.45) is 12.8 Å². The number of benzene rings is 1. The van der Waals surface area contributed by atoms with Gasteiger partial charge in [-0.05, 0) is 24.8 Å². The minimum Gasteiger partial charge on any atom is -0.327 e. The van der Waals surface area contributed by atoms with Crippen molar-refractivity contribution >= 4 is 11.6 Å². The molecule has 4 heteroatoms. The highest BCUT2D eigenvalue weighted by atomic mass is 35.5. The van der Waals surface area contributed by atoms with Gasteiger partial charge in [0.05, 0.1) is 5.69 Å². The zero-order valence-corrected chi connectivity index (χ0v) is 12.4. The molecule has 2 N–H and O–H groups in total. The van der Waals surface area contributed by atoms with Gasteiger partial charge in [-0.1, -0.05) is 48.9 Å². The molecule has 1 aromatic heterocycles. The van der Waals surface area contributed by atoms with Crippen LogP contribution in [0.15, 0.2) is 30.3 Å². The highest BCUT2D eigenvalue weighted by Crippen LogP contribution is 2.25. The van der Waals surface area contributed by atoms with E-state index in [1.165, 1.54) is 5.56 Å². The average Bonchev–Trinajstić information content (AvgIpc) is 2.65. The molecular weight excluding hydrogens is 258 g/mol. The highest BCUT2D eigenvalue weighted by molar-refractivity contribution is 6.30. The molecule has 0 aliphatic heterocycles. The molecule has 102 valence electrons. The van der Waals surface area contributed by atoms with Gasteiger partial charge in [0, 0.05) is 18.7 Å². The molecule has 0 bridgehead atoms. The van der Waals surface area contributed by atoms with Gasteiger partial charge in [0.1, 0.15) is 5.15 Å². The van der Waals surface area contributed by atoms with Crippen LogP contribution in [0.4, 0.5) is 0 Å². The monoisotopic (exact) mass is 277 g/mol. The first-order valence-corrected chi connectivity index (χ1v) is 6.87. The van der Waals surface area contributed by atoms with E-state index in [1.807, 2.05) is 32.2 Å². The van der Waals surface area contributed by atoms with E-state index in [9.17, 15) is 0 Å². The number of halogens is 1. The normalized spacial score (nSPS) is 14.4. The van der Waals surface area contributed by atoms with E-state index in [1.54, 1.807) is 4.68 Å². The van der Waals surface area contributed by atoms with Gasteiger partial charge in [-0.3, -0.25) is 4.68 Å². The SMILES string of the molecule is Cc1nn(C)c(Cl)c1CC(N)C(C)c1ccccc1. The Morgan fingerprint density at radius 2 is 1.95 bits per heavy atom. The van der Waals surface area contributed by atoms with Gasteiger partial charge in [-0.2, -0.15) is 5.10 Å². The van der Waals surface area contributed by atoms with Gasteiger partial charge in [0.2, 0.25) is 0 Å². The number of hydrogen-bond acceptors (Lipinski definition) is 2. The third-order valence-corrected chi connectivity index (χ3v) is 4.15. The molecule has 0 aliphatic rings. The van der Waals surface area contributed by atoms with Crippen LogP contribution in [-0.4, -0.2) is 15.8 Å². The average molecular weight is 278 g/mol. The first kappa shape index (κ1) is 14.1. The second kappa shape index (κ2) is 5.76. The van der Waals surface area contributed by atoms with Gasteiger partial charge in [0.15, 0.2) is 0 Å². The van der Waals surface area contributed by atoms with Crippen molar-refractivity contribution in [3.8, 4) is 0 Å². The van der Waals surface area contributed by atoms with E-state index in [0.29, 0.717) is 5.15 Å². The molecule has 1 heterocycles. The molecule has 2 atom stereocenters. The fourth-order valence-corrected chi connectivity index (χ4v) is 2.57. The summed E-state index contributed by atoms with van der Waals surface area (Å²) >= 11 is 6.25. The van der Waals surface area contributed by atoms with Gasteiger partial charge >= 0.3 is 0 Å². The fraction of sp³-hybridized carbons (Fsp3) is 0.400. The van der Waals surface area contributed by atoms with Crippen molar-refractivity contribution in [2.75, 3.05) is 0 Å². The van der Waals surface area contributed by atoms with Gasteiger partial charge < -0.3 is 5.73 Å². The summed E-state index contributed by atoms with van der Waals surface area (Å²) < 4.78 is 1.70. The first-order valence-electron chi connectivity index (χ1n) is 6.49. The van der Waals surface area contributed by atoms with E-state index in [0.717, 1.165) is 17.7 Å². The number of hydrogen-bond donors (Lipinski definition) is 1. The zero-order chi connectivity index (χ0) is 14.0. The van der Waals surface area contributed by atoms with Crippen molar-refractivity contribution in [1.82, 2.24) is 9.78 Å². The lowest BCUT2D eigenvalue weighted by Crippen LogP contribution is -2.29. The van der Waals surface area contributed by atoms with Gasteiger partial charge in [-0.25, -0.2) is 0 Å². The van der Waals surface area contributed by atoms with Crippen LogP contribution in [0.25, 0.3) is 0 Å². The van der Waals surface area contributed by atoms with Crippen molar-refractivity contribution in [2.45, 2.75) is 32.2 Å². The summed E-state index contributed by atoms with van der Waals surface area (Å²) in [6.07, 6.45) is 0.745. The maximum absolute atomic E-state index is 6.33. The van der Waals surface area contributed by atoms with Crippen molar-refractivity contribution < 1.29 is 0 Å². The van der Waals surface area contributed by atoms with E-state index < -0.39 is 0 Å². The predicted octanol–water partition coefficient (Wildman–Crippen LogP) is 3.06. The molecule has 2 rings (SSSR count). The van der Waals surface area contributed by atoms with Crippen molar-refractivity contribution in [1.29, 1.82) is 0 Å². The van der Waals surface area contributed by atoms with Crippen molar-refractivity contribution in [3.05, 3.63) is 52.3 Å². The maximum Gasteiger partial charge on any atom is 0.130 e. The lowest BCUT2D eigenvalue weighted by atomic mass is 9.90. The van der Waals surface area contributed by atoms with E-state index in [4.69, 9.17) is 17.3 Å². The summed E-state index contributed by atoms with van der Waals surface area (Å²) in [4.78, 5) is 0. The van der Waals surface area contributed by atoms with E-state index in [2.05, 4.69) is 24.2 Å². The molecule has 0 spiro atoms. The standard InChI is InChI=1S/C15H20ClN3/c1-10(12-7-5-4-6-8-12)14(17)9-13-11(2)18-19(3)15(13)16/h4-8,10,14H,9,17H2,1-3H3. The molecule has 0 amide bonds. The number of nitrogens with zero attached hydrogens (tertiary/aromatic N) is 2. The minimum atomic E-state index is 0.0304. The predicted molar refractivity (Wildman–Crippen MR) is 79.5 cm³/mol. The second-order valence-corrected chi connectivity index (χ2v) is 5.40. The summed E-state index contributed by atoms with van der Waals surface area (Å²) in [5, 5.41) is 5.01. The van der Waals surface area contributed by atoms with Crippen LogP contribution < -0.4 is 5.73 Å². The molecular formula is C15H20ClN3. The lowest BCUT2D eigenvalue weighted by molar-refractivity contribution is 0.563. The summed E-state index contributed by atoms with van der Waals surface area (Å²) in [6, 6.07) is 10.4. The Balaban J connectivity index is 2.15. The molecule has 2 unspecified atom stereocenters. The highest BCUT2D eigenvalue weighted by Gasteiger charge is 2.19. The topological polar surface area (TPSA) is 43.8 Å². The first-order chi connectivity index (χ1) is 9.00. The molecule has 0 fully saturated rings. The molecule has 0 aliphatic carbocycles. The van der Waals surface area contributed by atoms with Crippen LogP contribution in [0.1, 0.15) is 29.7 Å². The second-order valence-electron chi connectivity index (χ2n) is 5.05. The van der Waals surface area contributed by atoms with Gasteiger partial charge in [-0.15, -0.1) is 0 Å². The zero-order valence-electron chi connectivity index (χ0n) is 11.6. The molecule has 3 nitrogen and oxygen atoms in total. The summed E-state index contributed by atoms with van der Waals surface area (Å²) in [5.74, 6) is 0.289. The smallest absolute Gasteiger partial charge is 0.130 e. The molecule has 1 aromatic carbocycles. The maximum atomic E-state index is 6.33.